The van der Waals surface area contributed by atoms with E-state index >= 15 is 0 Å². The lowest BCUT2D eigenvalue weighted by Gasteiger charge is -2.08. The lowest BCUT2D eigenvalue weighted by Crippen LogP contribution is -2.24. The summed E-state index contributed by atoms with van der Waals surface area (Å²) < 4.78 is 31.9. The van der Waals surface area contributed by atoms with Gasteiger partial charge in [-0.1, -0.05) is 18.2 Å². The van der Waals surface area contributed by atoms with E-state index in [1.54, 1.807) is 7.11 Å². The van der Waals surface area contributed by atoms with Crippen LogP contribution < -0.4 is 15.4 Å². The minimum absolute atomic E-state index is 0.135. The van der Waals surface area contributed by atoms with Gasteiger partial charge in [-0.25, -0.2) is 8.78 Å². The van der Waals surface area contributed by atoms with Crippen molar-refractivity contribution in [1.82, 2.24) is 5.32 Å². The summed E-state index contributed by atoms with van der Waals surface area (Å²) in [5.41, 5.74) is 0.752. The Kier molecular flexibility index (Phi) is 6.69. The van der Waals surface area contributed by atoms with Crippen LogP contribution in [0.25, 0.3) is 0 Å². The molecule has 0 unspecified atom stereocenters. The fourth-order valence-electron chi connectivity index (χ4n) is 2.17. The summed E-state index contributed by atoms with van der Waals surface area (Å²) in [6, 6.07) is 11.2. The highest BCUT2D eigenvalue weighted by Gasteiger charge is 2.11. The van der Waals surface area contributed by atoms with Gasteiger partial charge in [0.05, 0.1) is 7.11 Å². The summed E-state index contributed by atoms with van der Waals surface area (Å²) in [4.78, 5) is 11.7. The molecule has 2 aromatic rings. The van der Waals surface area contributed by atoms with E-state index in [-0.39, 0.29) is 6.42 Å². The fourth-order valence-corrected chi connectivity index (χ4v) is 2.17. The molecule has 0 heterocycles. The molecule has 0 aromatic heterocycles. The molecule has 2 aromatic carbocycles. The van der Waals surface area contributed by atoms with Gasteiger partial charge < -0.3 is 15.4 Å². The summed E-state index contributed by atoms with van der Waals surface area (Å²) in [7, 11) is 1.62. The standard InChI is InChI=1S/C18H20F2N2O2/c1-24-14-7-5-13(6-8-14)9-11-21-12-10-17(23)22-18-15(19)3-2-4-16(18)20/h2-8,21H,9-12H2,1H3,(H,22,23). The van der Waals surface area contributed by atoms with Crippen LogP contribution in [-0.4, -0.2) is 26.1 Å². The van der Waals surface area contributed by atoms with Crippen LogP contribution in [0.2, 0.25) is 0 Å². The zero-order valence-corrected chi connectivity index (χ0v) is 13.4. The van der Waals surface area contributed by atoms with E-state index in [0.717, 1.165) is 29.9 Å². The van der Waals surface area contributed by atoms with Crippen molar-refractivity contribution < 1.29 is 18.3 Å². The van der Waals surface area contributed by atoms with E-state index in [9.17, 15) is 13.6 Å². The fraction of sp³-hybridized carbons (Fsp3) is 0.278. The molecule has 0 radical (unpaired) electrons. The first-order valence-corrected chi connectivity index (χ1v) is 7.67. The molecule has 0 aliphatic rings. The van der Waals surface area contributed by atoms with Gasteiger partial charge >= 0.3 is 0 Å². The molecule has 4 nitrogen and oxygen atoms in total. The van der Waals surface area contributed by atoms with Gasteiger partial charge in [-0.05, 0) is 42.8 Å². The Balaban J connectivity index is 1.67. The van der Waals surface area contributed by atoms with Crippen LogP contribution in [0, 0.1) is 11.6 Å². The largest absolute Gasteiger partial charge is 0.497 e. The Bertz CT molecular complexity index is 655. The number of carbonyl (C=O) groups excluding carboxylic acids is 1. The van der Waals surface area contributed by atoms with E-state index in [1.165, 1.54) is 6.07 Å². The molecule has 0 atom stereocenters. The van der Waals surface area contributed by atoms with Gasteiger partial charge in [0.1, 0.15) is 23.1 Å². The molecule has 2 rings (SSSR count). The second kappa shape index (κ2) is 8.98. The van der Waals surface area contributed by atoms with Crippen LogP contribution in [0.15, 0.2) is 42.5 Å². The Morgan fingerprint density at radius 1 is 1.04 bits per heavy atom. The number of carbonyl (C=O) groups is 1. The van der Waals surface area contributed by atoms with E-state index in [4.69, 9.17) is 4.74 Å². The number of ether oxygens (including phenoxy) is 1. The maximum absolute atomic E-state index is 13.4. The highest BCUT2D eigenvalue weighted by atomic mass is 19.1. The Morgan fingerprint density at radius 3 is 2.33 bits per heavy atom. The molecule has 6 heteroatoms. The molecule has 24 heavy (non-hydrogen) atoms. The van der Waals surface area contributed by atoms with E-state index in [0.29, 0.717) is 13.1 Å². The number of nitrogens with one attached hydrogen (secondary N) is 2. The predicted octanol–water partition coefficient (Wildman–Crippen LogP) is 3.13. The minimum Gasteiger partial charge on any atom is -0.497 e. The zero-order chi connectivity index (χ0) is 17.4. The molecule has 0 aliphatic carbocycles. The summed E-state index contributed by atoms with van der Waals surface area (Å²) in [5, 5.41) is 5.39. The van der Waals surface area contributed by atoms with Gasteiger partial charge in [-0.3, -0.25) is 4.79 Å². The van der Waals surface area contributed by atoms with Gasteiger partial charge in [0.15, 0.2) is 0 Å². The normalized spacial score (nSPS) is 10.5. The van der Waals surface area contributed by atoms with Crippen LogP contribution in [0.3, 0.4) is 0 Å². The van der Waals surface area contributed by atoms with Crippen LogP contribution in [0.1, 0.15) is 12.0 Å². The molecule has 0 bridgehead atoms. The van der Waals surface area contributed by atoms with Crippen molar-refractivity contribution in [2.75, 3.05) is 25.5 Å². The summed E-state index contributed by atoms with van der Waals surface area (Å²) in [6.45, 7) is 1.13. The second-order valence-electron chi connectivity index (χ2n) is 5.24. The van der Waals surface area contributed by atoms with E-state index < -0.39 is 23.2 Å². The lowest BCUT2D eigenvalue weighted by atomic mass is 10.1. The number of halogens is 2. The SMILES string of the molecule is COc1ccc(CCNCCC(=O)Nc2c(F)cccc2F)cc1. The van der Waals surface area contributed by atoms with Crippen molar-refractivity contribution in [3.8, 4) is 5.75 Å². The third-order valence-corrected chi connectivity index (χ3v) is 3.51. The van der Waals surface area contributed by atoms with Crippen molar-refractivity contribution in [1.29, 1.82) is 0 Å². The topological polar surface area (TPSA) is 50.4 Å². The Morgan fingerprint density at radius 2 is 1.71 bits per heavy atom. The molecule has 0 spiro atoms. The third kappa shape index (κ3) is 5.31. The van der Waals surface area contributed by atoms with Gasteiger partial charge in [-0.15, -0.1) is 0 Å². The lowest BCUT2D eigenvalue weighted by molar-refractivity contribution is -0.116. The number of methoxy groups -OCH3 is 1. The van der Waals surface area contributed by atoms with E-state index in [2.05, 4.69) is 10.6 Å². The third-order valence-electron chi connectivity index (χ3n) is 3.51. The molecule has 0 saturated carbocycles. The van der Waals surface area contributed by atoms with Crippen LogP contribution in [0.5, 0.6) is 5.75 Å². The first kappa shape index (κ1) is 17.9. The summed E-state index contributed by atoms with van der Waals surface area (Å²) >= 11 is 0. The summed E-state index contributed by atoms with van der Waals surface area (Å²) in [5.74, 6) is -1.19. The van der Waals surface area contributed by atoms with Crippen molar-refractivity contribution in [2.24, 2.45) is 0 Å². The minimum atomic E-state index is -0.782. The van der Waals surface area contributed by atoms with Crippen molar-refractivity contribution in [3.63, 3.8) is 0 Å². The van der Waals surface area contributed by atoms with Crippen LogP contribution in [0.4, 0.5) is 14.5 Å². The maximum atomic E-state index is 13.4. The number of hydrogen-bond acceptors (Lipinski definition) is 3. The number of hydrogen-bond donors (Lipinski definition) is 2. The number of para-hydroxylation sites is 1. The van der Waals surface area contributed by atoms with Crippen LogP contribution >= 0.6 is 0 Å². The van der Waals surface area contributed by atoms with Crippen molar-refractivity contribution in [3.05, 3.63) is 59.7 Å². The Labute approximate surface area is 139 Å². The van der Waals surface area contributed by atoms with Crippen molar-refractivity contribution >= 4 is 11.6 Å². The van der Waals surface area contributed by atoms with Crippen molar-refractivity contribution in [2.45, 2.75) is 12.8 Å². The molecule has 1 amide bonds. The van der Waals surface area contributed by atoms with Crippen LogP contribution in [-0.2, 0) is 11.2 Å². The zero-order valence-electron chi connectivity index (χ0n) is 13.4. The molecular formula is C18H20F2N2O2. The molecule has 2 N–H and O–H groups in total. The number of benzene rings is 2. The average molecular weight is 334 g/mol. The van der Waals surface area contributed by atoms with Gasteiger partial charge in [0.25, 0.3) is 0 Å². The van der Waals surface area contributed by atoms with E-state index in [1.807, 2.05) is 24.3 Å². The molecule has 128 valence electrons. The number of rotatable bonds is 8. The smallest absolute Gasteiger partial charge is 0.225 e. The van der Waals surface area contributed by atoms with Gasteiger partial charge in [-0.2, -0.15) is 0 Å². The first-order chi connectivity index (χ1) is 11.6. The monoisotopic (exact) mass is 334 g/mol. The number of amides is 1. The quantitative estimate of drug-likeness (QED) is 0.729. The first-order valence-electron chi connectivity index (χ1n) is 7.67. The Hall–Kier alpha value is -2.47. The summed E-state index contributed by atoms with van der Waals surface area (Å²) in [6.07, 6.45) is 0.948. The van der Waals surface area contributed by atoms with Gasteiger partial charge in [0.2, 0.25) is 5.91 Å². The number of anilines is 1. The maximum Gasteiger partial charge on any atom is 0.225 e. The molecular weight excluding hydrogens is 314 g/mol. The average Bonchev–Trinajstić information content (AvgIpc) is 2.58. The predicted molar refractivity (Wildman–Crippen MR) is 89.2 cm³/mol. The van der Waals surface area contributed by atoms with Gasteiger partial charge in [0, 0.05) is 13.0 Å². The highest BCUT2D eigenvalue weighted by molar-refractivity contribution is 5.91. The molecule has 0 aliphatic heterocycles. The molecule has 0 saturated heterocycles. The second-order valence-corrected chi connectivity index (χ2v) is 5.24. The molecule has 0 fully saturated rings. The highest BCUT2D eigenvalue weighted by Crippen LogP contribution is 2.18.